The van der Waals surface area contributed by atoms with Crippen molar-refractivity contribution in [3.8, 4) is 0 Å². The van der Waals surface area contributed by atoms with Gasteiger partial charge in [0.15, 0.2) is 0 Å². The summed E-state index contributed by atoms with van der Waals surface area (Å²) in [7, 11) is 1.68. The molecule has 0 fully saturated rings. The van der Waals surface area contributed by atoms with E-state index in [1.807, 2.05) is 27.7 Å². The Morgan fingerprint density at radius 2 is 0.900 bits per heavy atom. The van der Waals surface area contributed by atoms with Gasteiger partial charge in [0.2, 0.25) is 5.91 Å². The summed E-state index contributed by atoms with van der Waals surface area (Å²) in [6.07, 6.45) is 28.3. The van der Waals surface area contributed by atoms with Gasteiger partial charge in [-0.1, -0.05) is 142 Å². The summed E-state index contributed by atoms with van der Waals surface area (Å²) in [5, 5.41) is 2.93. The number of amides is 1. The number of carbonyl (C=O) groups excluding carboxylic acids is 3. The highest BCUT2D eigenvalue weighted by Gasteiger charge is 2.27. The van der Waals surface area contributed by atoms with Crippen molar-refractivity contribution in [2.24, 2.45) is 0 Å². The van der Waals surface area contributed by atoms with Gasteiger partial charge in [-0.2, -0.15) is 0 Å². The quantitative estimate of drug-likeness (QED) is 0.0510. The van der Waals surface area contributed by atoms with Crippen molar-refractivity contribution in [1.82, 2.24) is 5.32 Å². The van der Waals surface area contributed by atoms with Gasteiger partial charge in [0.1, 0.15) is 13.2 Å². The van der Waals surface area contributed by atoms with Crippen molar-refractivity contribution in [2.75, 3.05) is 26.9 Å². The topological polar surface area (TPSA) is 100 Å². The molecule has 0 saturated heterocycles. The molecular formula is C42H81NO7. The number of unbranched alkanes of at least 4 members (excludes halogenated alkanes) is 20. The maximum atomic E-state index is 13.0. The molecule has 8 nitrogen and oxygen atoms in total. The molecule has 0 unspecified atom stereocenters. The Hall–Kier alpha value is -1.67. The summed E-state index contributed by atoms with van der Waals surface area (Å²) in [4.78, 5) is 38.1. The summed E-state index contributed by atoms with van der Waals surface area (Å²) in [5.74, 6) is -0.803. The van der Waals surface area contributed by atoms with Crippen LogP contribution in [-0.4, -0.2) is 62.0 Å². The predicted octanol–water partition coefficient (Wildman–Crippen LogP) is 11.0. The number of hydrogen-bond acceptors (Lipinski definition) is 7. The molecule has 1 N–H and O–H groups in total. The highest BCUT2D eigenvalue weighted by atomic mass is 16.5. The van der Waals surface area contributed by atoms with Crippen molar-refractivity contribution >= 4 is 17.8 Å². The van der Waals surface area contributed by atoms with Crippen LogP contribution in [0.5, 0.6) is 0 Å². The van der Waals surface area contributed by atoms with Crippen LogP contribution in [0.1, 0.15) is 208 Å². The van der Waals surface area contributed by atoms with Gasteiger partial charge in [0.25, 0.3) is 0 Å². The van der Waals surface area contributed by atoms with E-state index in [1.165, 1.54) is 103 Å². The van der Waals surface area contributed by atoms with Crippen molar-refractivity contribution in [3.05, 3.63) is 0 Å². The third kappa shape index (κ3) is 32.3. The Bertz CT molecular complexity index is 787. The first kappa shape index (κ1) is 48.3. The van der Waals surface area contributed by atoms with Crippen molar-refractivity contribution in [1.29, 1.82) is 0 Å². The molecule has 0 saturated carbocycles. The van der Waals surface area contributed by atoms with Crippen LogP contribution in [-0.2, 0) is 33.3 Å². The van der Waals surface area contributed by atoms with Gasteiger partial charge in [-0.15, -0.1) is 0 Å². The van der Waals surface area contributed by atoms with Crippen LogP contribution >= 0.6 is 0 Å². The molecule has 0 aliphatic heterocycles. The van der Waals surface area contributed by atoms with E-state index >= 15 is 0 Å². The highest BCUT2D eigenvalue weighted by Crippen LogP contribution is 2.19. The van der Waals surface area contributed by atoms with Crippen LogP contribution in [0, 0.1) is 0 Å². The Labute approximate surface area is 308 Å². The normalized spacial score (nSPS) is 12.0. The van der Waals surface area contributed by atoms with Gasteiger partial charge in [-0.3, -0.25) is 14.4 Å². The summed E-state index contributed by atoms with van der Waals surface area (Å²) < 4.78 is 22.6. The van der Waals surface area contributed by atoms with Crippen molar-refractivity contribution in [2.45, 2.75) is 226 Å². The fourth-order valence-electron chi connectivity index (χ4n) is 5.92. The molecule has 0 aromatic carbocycles. The third-order valence-corrected chi connectivity index (χ3v) is 9.56. The Kier molecular flexibility index (Phi) is 30.9. The van der Waals surface area contributed by atoms with E-state index < -0.39 is 11.6 Å². The number of carbonyl (C=O) groups is 3. The first-order valence-electron chi connectivity index (χ1n) is 20.7. The van der Waals surface area contributed by atoms with Gasteiger partial charge < -0.3 is 24.3 Å². The Morgan fingerprint density at radius 3 is 1.26 bits per heavy atom. The lowest BCUT2D eigenvalue weighted by atomic mass is 10.0. The molecule has 0 atom stereocenters. The lowest BCUT2D eigenvalue weighted by molar-refractivity contribution is -0.149. The fourth-order valence-corrected chi connectivity index (χ4v) is 5.92. The number of rotatable bonds is 36. The first-order chi connectivity index (χ1) is 23.9. The van der Waals surface area contributed by atoms with Gasteiger partial charge in [-0.05, 0) is 47.0 Å². The largest absolute Gasteiger partial charge is 0.463 e. The molecule has 8 heteroatoms. The second-order valence-electron chi connectivity index (χ2n) is 15.7. The fraction of sp³-hybridized carbons (Fsp3) is 0.929. The summed E-state index contributed by atoms with van der Waals surface area (Å²) >= 11 is 0. The van der Waals surface area contributed by atoms with E-state index in [2.05, 4.69) is 19.2 Å². The Balaban J connectivity index is 4.60. The van der Waals surface area contributed by atoms with Crippen LogP contribution in [0.2, 0.25) is 0 Å². The predicted molar refractivity (Wildman–Crippen MR) is 206 cm³/mol. The van der Waals surface area contributed by atoms with Gasteiger partial charge >= 0.3 is 11.9 Å². The number of esters is 2. The van der Waals surface area contributed by atoms with E-state index in [0.717, 1.165) is 38.5 Å². The maximum absolute atomic E-state index is 13.0. The lowest BCUT2D eigenvalue weighted by Gasteiger charge is -2.29. The molecule has 0 aliphatic carbocycles. The summed E-state index contributed by atoms with van der Waals surface area (Å²) in [6, 6.07) is -0.617. The molecular weight excluding hydrogens is 630 g/mol. The standard InChI is InChI=1S/C42H81NO7/c1-8-10-12-14-16-18-20-22-24-26-28-30-39(45)48-35-37(43-38(44)34-42(5,6)50-33-32-41(3,4)47-7)36-49-40(46)31-29-27-25-23-21-19-17-15-13-11-9-2/h37H,8-36H2,1-7H3,(H,43,44). The number of methoxy groups -OCH3 is 1. The third-order valence-electron chi connectivity index (χ3n) is 9.56. The molecule has 0 rings (SSSR count). The van der Waals surface area contributed by atoms with Crippen molar-refractivity contribution < 1.29 is 33.3 Å². The summed E-state index contributed by atoms with van der Waals surface area (Å²) in [6.45, 7) is 12.6. The zero-order chi connectivity index (χ0) is 37.4. The number of ether oxygens (including phenoxy) is 4. The highest BCUT2D eigenvalue weighted by molar-refractivity contribution is 5.77. The maximum Gasteiger partial charge on any atom is 0.305 e. The van der Waals surface area contributed by atoms with Crippen LogP contribution in [0.4, 0.5) is 0 Å². The molecule has 1 amide bonds. The van der Waals surface area contributed by atoms with Crippen LogP contribution in [0.15, 0.2) is 0 Å². The zero-order valence-electron chi connectivity index (χ0n) is 33.9. The number of hydrogen-bond donors (Lipinski definition) is 1. The van der Waals surface area contributed by atoms with Crippen LogP contribution in [0.3, 0.4) is 0 Å². The molecule has 0 radical (unpaired) electrons. The first-order valence-corrected chi connectivity index (χ1v) is 20.7. The molecule has 296 valence electrons. The number of nitrogens with one attached hydrogen (secondary N) is 1. The average molecular weight is 712 g/mol. The minimum absolute atomic E-state index is 0.0301. The summed E-state index contributed by atoms with van der Waals surface area (Å²) in [5.41, 5.74) is -1.01. The SMILES string of the molecule is CCCCCCCCCCCCCC(=O)OCC(COC(=O)CCCCCCCCCCCCC)NC(=O)CC(C)(C)OCCC(C)(C)OC. The molecule has 0 aromatic heterocycles. The van der Waals surface area contributed by atoms with E-state index in [0.29, 0.717) is 25.9 Å². The molecule has 50 heavy (non-hydrogen) atoms. The minimum Gasteiger partial charge on any atom is -0.463 e. The van der Waals surface area contributed by atoms with Gasteiger partial charge in [-0.25, -0.2) is 0 Å². The minimum atomic E-state index is -0.698. The van der Waals surface area contributed by atoms with Crippen molar-refractivity contribution in [3.63, 3.8) is 0 Å². The monoisotopic (exact) mass is 712 g/mol. The Morgan fingerprint density at radius 1 is 0.540 bits per heavy atom. The van der Waals surface area contributed by atoms with E-state index in [1.54, 1.807) is 7.11 Å². The molecule has 0 spiro atoms. The second kappa shape index (κ2) is 32.0. The molecule has 0 aromatic rings. The lowest BCUT2D eigenvalue weighted by Crippen LogP contribution is -2.45. The van der Waals surface area contributed by atoms with Crippen LogP contribution < -0.4 is 5.32 Å². The zero-order valence-corrected chi connectivity index (χ0v) is 33.9. The van der Waals surface area contributed by atoms with E-state index in [4.69, 9.17) is 18.9 Å². The van der Waals surface area contributed by atoms with Gasteiger partial charge in [0.05, 0.1) is 30.3 Å². The molecule has 0 aliphatic rings. The van der Waals surface area contributed by atoms with Crippen LogP contribution in [0.25, 0.3) is 0 Å². The second-order valence-corrected chi connectivity index (χ2v) is 15.7. The molecule has 0 bridgehead atoms. The van der Waals surface area contributed by atoms with Gasteiger partial charge in [0, 0.05) is 20.0 Å². The molecule has 0 heterocycles. The van der Waals surface area contributed by atoms with E-state index in [9.17, 15) is 14.4 Å². The smallest absolute Gasteiger partial charge is 0.305 e. The van der Waals surface area contributed by atoms with E-state index in [-0.39, 0.29) is 43.1 Å². The average Bonchev–Trinajstić information content (AvgIpc) is 3.06.